The summed E-state index contributed by atoms with van der Waals surface area (Å²) in [6, 6.07) is -0.585. The summed E-state index contributed by atoms with van der Waals surface area (Å²) in [6.45, 7) is 1.61. The highest BCUT2D eigenvalue weighted by Crippen LogP contribution is 2.11. The van der Waals surface area contributed by atoms with Crippen LogP contribution < -0.4 is 27.2 Å². The number of amides is 1. The van der Waals surface area contributed by atoms with Crippen molar-refractivity contribution >= 4 is 23.8 Å². The molecule has 94 valence electrons. The van der Waals surface area contributed by atoms with Crippen LogP contribution in [0.2, 0.25) is 0 Å². The number of hydrazine groups is 1. The minimum absolute atomic E-state index is 0.197. The van der Waals surface area contributed by atoms with Crippen molar-refractivity contribution in [2.45, 2.75) is 13.0 Å². The van der Waals surface area contributed by atoms with E-state index < -0.39 is 11.9 Å². The first-order valence-corrected chi connectivity index (χ1v) is 4.90. The lowest BCUT2D eigenvalue weighted by Gasteiger charge is -2.14. The Morgan fingerprint density at radius 3 is 2.35 bits per heavy atom. The average molecular weight is 240 g/mol. The van der Waals surface area contributed by atoms with Crippen molar-refractivity contribution in [1.82, 2.24) is 15.0 Å². The highest BCUT2D eigenvalue weighted by molar-refractivity contribution is 5.81. The van der Waals surface area contributed by atoms with Gasteiger partial charge in [0, 0.05) is 14.1 Å². The number of hydrogen-bond acceptors (Lipinski definition) is 8. The summed E-state index contributed by atoms with van der Waals surface area (Å²) in [4.78, 5) is 24.7. The van der Waals surface area contributed by atoms with E-state index in [-0.39, 0.29) is 11.9 Å². The Hall–Kier alpha value is -2.16. The molecule has 0 saturated heterocycles. The molecule has 0 aliphatic heterocycles. The molecule has 0 aromatic carbocycles. The first-order chi connectivity index (χ1) is 7.93. The largest absolute Gasteiger partial charge is 0.368 e. The summed E-state index contributed by atoms with van der Waals surface area (Å²) in [6.07, 6.45) is 0. The van der Waals surface area contributed by atoms with Gasteiger partial charge in [0.1, 0.15) is 6.04 Å². The van der Waals surface area contributed by atoms with Gasteiger partial charge < -0.3 is 16.0 Å². The summed E-state index contributed by atoms with van der Waals surface area (Å²) in [5, 5.41) is 2.75. The molecule has 9 nitrogen and oxygen atoms in total. The zero-order valence-electron chi connectivity index (χ0n) is 9.93. The Balaban J connectivity index is 2.98. The third-order valence-corrected chi connectivity index (χ3v) is 1.93. The van der Waals surface area contributed by atoms with Crippen molar-refractivity contribution in [3.05, 3.63) is 0 Å². The van der Waals surface area contributed by atoms with Crippen LogP contribution in [0.15, 0.2) is 0 Å². The van der Waals surface area contributed by atoms with Crippen LogP contribution in [0, 0.1) is 0 Å². The molecule has 0 aliphatic carbocycles. The van der Waals surface area contributed by atoms with Crippen molar-refractivity contribution < 1.29 is 4.79 Å². The van der Waals surface area contributed by atoms with E-state index >= 15 is 0 Å². The first-order valence-electron chi connectivity index (χ1n) is 4.90. The van der Waals surface area contributed by atoms with Crippen LogP contribution in [-0.2, 0) is 4.79 Å². The van der Waals surface area contributed by atoms with Crippen molar-refractivity contribution in [2.75, 3.05) is 29.7 Å². The van der Waals surface area contributed by atoms with Crippen molar-refractivity contribution in [3.8, 4) is 0 Å². The summed E-state index contributed by atoms with van der Waals surface area (Å²) in [7, 11) is 3.55. The van der Waals surface area contributed by atoms with Gasteiger partial charge in [-0.2, -0.15) is 15.0 Å². The highest BCUT2D eigenvalue weighted by Gasteiger charge is 2.12. The van der Waals surface area contributed by atoms with E-state index in [0.717, 1.165) is 0 Å². The minimum atomic E-state index is -0.585. The summed E-state index contributed by atoms with van der Waals surface area (Å²) in [5.41, 5.74) is 7.45. The maximum Gasteiger partial charge on any atom is 0.243 e. The number of aromatic nitrogens is 3. The molecule has 0 fully saturated rings. The summed E-state index contributed by atoms with van der Waals surface area (Å²) in [5.74, 6) is 5.57. The zero-order chi connectivity index (χ0) is 13.0. The fraction of sp³-hybridized carbons (Fsp3) is 0.500. The van der Waals surface area contributed by atoms with E-state index in [9.17, 15) is 4.79 Å². The molecule has 0 aliphatic rings. The number of rotatable bonds is 5. The Kier molecular flexibility index (Phi) is 3.99. The smallest absolute Gasteiger partial charge is 0.243 e. The molecule has 1 aromatic rings. The van der Waals surface area contributed by atoms with Crippen molar-refractivity contribution in [2.24, 2.45) is 11.6 Å². The quantitative estimate of drug-likeness (QED) is 0.361. The standard InChI is InChI=1S/C8H16N8O/c1-4(5(9)17)11-6-12-7(15-10)14-8(13-6)16(2)3/h4H,10H2,1-3H3,(H2,9,17)(H2,11,12,13,14,15). The monoisotopic (exact) mass is 240 g/mol. The lowest BCUT2D eigenvalue weighted by molar-refractivity contribution is -0.118. The number of nitrogens with two attached hydrogens (primary N) is 2. The van der Waals surface area contributed by atoms with Gasteiger partial charge in [-0.15, -0.1) is 0 Å². The van der Waals surface area contributed by atoms with Gasteiger partial charge in [0.2, 0.25) is 23.8 Å². The molecule has 1 unspecified atom stereocenters. The van der Waals surface area contributed by atoms with E-state index in [0.29, 0.717) is 5.95 Å². The lowest BCUT2D eigenvalue weighted by atomic mass is 10.3. The molecular formula is C8H16N8O. The predicted octanol–water partition coefficient (Wildman–Crippen LogP) is -1.49. The van der Waals surface area contributed by atoms with Gasteiger partial charge in [-0.3, -0.25) is 10.2 Å². The number of carbonyl (C=O) groups is 1. The van der Waals surface area contributed by atoms with Crippen LogP contribution in [0.3, 0.4) is 0 Å². The van der Waals surface area contributed by atoms with Crippen LogP contribution in [-0.4, -0.2) is 41.0 Å². The van der Waals surface area contributed by atoms with Gasteiger partial charge in [0.25, 0.3) is 0 Å². The Morgan fingerprint density at radius 1 is 1.29 bits per heavy atom. The van der Waals surface area contributed by atoms with Crippen LogP contribution >= 0.6 is 0 Å². The molecule has 9 heteroatoms. The number of anilines is 3. The van der Waals surface area contributed by atoms with Gasteiger partial charge in [-0.1, -0.05) is 0 Å². The van der Waals surface area contributed by atoms with Crippen molar-refractivity contribution in [3.63, 3.8) is 0 Å². The summed E-state index contributed by atoms with van der Waals surface area (Å²) < 4.78 is 0. The number of hydrogen-bond donors (Lipinski definition) is 4. The molecule has 1 amide bonds. The molecule has 1 heterocycles. The molecule has 0 saturated carbocycles. The van der Waals surface area contributed by atoms with E-state index in [1.807, 2.05) is 0 Å². The number of carbonyl (C=O) groups excluding carboxylic acids is 1. The second-order valence-electron chi connectivity index (χ2n) is 3.59. The molecule has 1 atom stereocenters. The van der Waals surface area contributed by atoms with Gasteiger partial charge in [0.05, 0.1) is 0 Å². The maximum atomic E-state index is 10.9. The molecular weight excluding hydrogens is 224 g/mol. The molecule has 0 spiro atoms. The average Bonchev–Trinajstić information content (AvgIpc) is 2.28. The molecule has 1 rings (SSSR count). The van der Waals surface area contributed by atoms with Gasteiger partial charge in [-0.05, 0) is 6.92 Å². The van der Waals surface area contributed by atoms with Crippen molar-refractivity contribution in [1.29, 1.82) is 0 Å². The van der Waals surface area contributed by atoms with Crippen LogP contribution in [0.25, 0.3) is 0 Å². The number of nitrogens with one attached hydrogen (secondary N) is 2. The fourth-order valence-corrected chi connectivity index (χ4v) is 0.959. The molecule has 1 aromatic heterocycles. The third kappa shape index (κ3) is 3.41. The third-order valence-electron chi connectivity index (χ3n) is 1.93. The lowest BCUT2D eigenvalue weighted by Crippen LogP contribution is -2.33. The van der Waals surface area contributed by atoms with Crippen LogP contribution in [0.4, 0.5) is 17.8 Å². The number of primary amides is 1. The molecule has 17 heavy (non-hydrogen) atoms. The normalized spacial score (nSPS) is 11.8. The Labute approximate surface area is 98.6 Å². The van der Waals surface area contributed by atoms with E-state index in [2.05, 4.69) is 25.7 Å². The van der Waals surface area contributed by atoms with Crippen LogP contribution in [0.1, 0.15) is 6.92 Å². The zero-order valence-corrected chi connectivity index (χ0v) is 9.93. The van der Waals surface area contributed by atoms with E-state index in [4.69, 9.17) is 11.6 Å². The van der Waals surface area contributed by atoms with Gasteiger partial charge in [0.15, 0.2) is 0 Å². The Bertz CT molecular complexity index is 407. The molecule has 0 bridgehead atoms. The maximum absolute atomic E-state index is 10.9. The number of nitrogen functional groups attached to an aromatic ring is 1. The second kappa shape index (κ2) is 5.25. The second-order valence-corrected chi connectivity index (χ2v) is 3.59. The summed E-state index contributed by atoms with van der Waals surface area (Å²) >= 11 is 0. The number of nitrogens with zero attached hydrogens (tertiary/aromatic N) is 4. The van der Waals surface area contributed by atoms with Gasteiger partial charge >= 0.3 is 0 Å². The topological polar surface area (TPSA) is 135 Å². The Morgan fingerprint density at radius 2 is 1.88 bits per heavy atom. The molecule has 6 N–H and O–H groups in total. The highest BCUT2D eigenvalue weighted by atomic mass is 16.1. The van der Waals surface area contributed by atoms with E-state index in [1.54, 1.807) is 25.9 Å². The first kappa shape index (κ1) is 12.9. The minimum Gasteiger partial charge on any atom is -0.368 e. The predicted molar refractivity (Wildman–Crippen MR) is 64.2 cm³/mol. The molecule has 0 radical (unpaired) electrons. The SMILES string of the molecule is CC(Nc1nc(NN)nc(N(C)C)n1)C(N)=O. The van der Waals surface area contributed by atoms with Crippen LogP contribution in [0.5, 0.6) is 0 Å². The van der Waals surface area contributed by atoms with E-state index in [1.165, 1.54) is 0 Å². The van der Waals surface area contributed by atoms with Gasteiger partial charge in [-0.25, -0.2) is 5.84 Å². The fourth-order valence-electron chi connectivity index (χ4n) is 0.959.